The molecule has 0 amide bonds. The molecule has 0 unspecified atom stereocenters. The molecule has 0 aliphatic heterocycles. The molecule has 0 bridgehead atoms. The second-order valence-electron chi connectivity index (χ2n) is 21.1. The highest BCUT2D eigenvalue weighted by molar-refractivity contribution is 5.92. The monoisotopic (exact) mass is 1170 g/mol. The highest BCUT2D eigenvalue weighted by atomic mass is 16.4. The van der Waals surface area contributed by atoms with E-state index in [1.54, 1.807) is 7.05 Å². The number of hydrogen-bond donors (Lipinski definition) is 7. The number of H-pyrrole nitrogens is 2. The summed E-state index contributed by atoms with van der Waals surface area (Å²) < 4.78 is 1.88. The summed E-state index contributed by atoms with van der Waals surface area (Å²) in [4.78, 5) is 29.9. The molecule has 0 saturated heterocycles. The molecule has 0 spiro atoms. The first-order valence-corrected chi connectivity index (χ1v) is 28.8. The fourth-order valence-electron chi connectivity index (χ4n) is 11.6. The molecule has 10 N–H and O–H groups in total. The van der Waals surface area contributed by atoms with Crippen molar-refractivity contribution in [2.24, 2.45) is 0 Å². The molecule has 16 heteroatoms. The Bertz CT molecular complexity index is 4530. The SMILES string of the molecule is C.CNc1cc([C@H](CC(=O)O)c2ccccc2)c2nnn(C(c3ccccc3)(c3ccccc3)c3ccccc3)c2n1.Nc1cc([C@H](Cc2nc3c(-c4ccccc4)cccc3[nH]2)c2ccccc2)c2n[nH]nc2n1.Nc1cccc(-c2ccccc2)c1N. The molecule has 440 valence electrons. The molecule has 0 aliphatic carbocycles. The number of para-hydroxylation sites is 2. The topological polar surface area (TPSA) is 254 Å². The third-order valence-corrected chi connectivity index (χ3v) is 15.7. The van der Waals surface area contributed by atoms with Gasteiger partial charge in [-0.2, -0.15) is 10.3 Å². The van der Waals surface area contributed by atoms with Crippen molar-refractivity contribution in [2.45, 2.75) is 37.6 Å². The summed E-state index contributed by atoms with van der Waals surface area (Å²) in [7, 11) is 1.81. The quantitative estimate of drug-likeness (QED) is 0.0373. The van der Waals surface area contributed by atoms with Gasteiger partial charge >= 0.3 is 5.97 Å². The van der Waals surface area contributed by atoms with Gasteiger partial charge in [0, 0.05) is 36.4 Å². The molecular weight excluding hydrogens is 1100 g/mol. The van der Waals surface area contributed by atoms with Crippen LogP contribution in [0.4, 0.5) is 23.0 Å². The number of nitrogens with one attached hydrogen (secondary N) is 3. The Morgan fingerprint density at radius 2 is 1.06 bits per heavy atom. The van der Waals surface area contributed by atoms with Crippen LogP contribution in [0, 0.1) is 0 Å². The number of carboxylic acid groups (broad SMARTS) is 1. The Hall–Kier alpha value is -11.8. The lowest BCUT2D eigenvalue weighted by Gasteiger charge is -2.36. The van der Waals surface area contributed by atoms with Crippen LogP contribution in [-0.4, -0.2) is 68.5 Å². The molecule has 89 heavy (non-hydrogen) atoms. The minimum Gasteiger partial charge on any atom is -0.481 e. The molecule has 0 saturated carbocycles. The van der Waals surface area contributed by atoms with E-state index in [1.807, 2.05) is 187 Å². The van der Waals surface area contributed by atoms with Crippen molar-refractivity contribution in [3.05, 3.63) is 306 Å². The van der Waals surface area contributed by atoms with E-state index >= 15 is 0 Å². The van der Waals surface area contributed by atoms with Gasteiger partial charge in [-0.15, -0.1) is 10.2 Å². The number of aromatic amines is 2. The van der Waals surface area contributed by atoms with E-state index in [0.717, 1.165) is 83.6 Å². The van der Waals surface area contributed by atoms with Gasteiger partial charge in [-0.05, 0) is 74.3 Å². The van der Waals surface area contributed by atoms with E-state index in [9.17, 15) is 9.90 Å². The molecule has 16 nitrogen and oxygen atoms in total. The zero-order chi connectivity index (χ0) is 60.4. The number of benzene rings is 9. The molecule has 2 atom stereocenters. The number of nitrogens with zero attached hydrogens (tertiary/aromatic N) is 8. The van der Waals surface area contributed by atoms with E-state index in [1.165, 1.54) is 0 Å². The number of aromatic nitrogens is 10. The lowest BCUT2D eigenvalue weighted by atomic mass is 9.77. The number of nitrogens with two attached hydrogens (primary N) is 3. The average molecular weight is 1170 g/mol. The smallest absolute Gasteiger partial charge is 0.304 e. The molecule has 9 aromatic carbocycles. The van der Waals surface area contributed by atoms with Gasteiger partial charge in [-0.25, -0.2) is 19.6 Å². The average Bonchev–Trinajstić information content (AvgIpc) is 1.88. The highest BCUT2D eigenvalue weighted by Gasteiger charge is 2.42. The van der Waals surface area contributed by atoms with Gasteiger partial charge < -0.3 is 32.6 Å². The largest absolute Gasteiger partial charge is 0.481 e. The molecular formula is C73H66N14O2. The van der Waals surface area contributed by atoms with Gasteiger partial charge in [0.1, 0.15) is 34.0 Å². The zero-order valence-electron chi connectivity index (χ0n) is 48.1. The van der Waals surface area contributed by atoms with Gasteiger partial charge in [0.25, 0.3) is 0 Å². The molecule has 14 rings (SSSR count). The first kappa shape index (κ1) is 59.0. The van der Waals surface area contributed by atoms with Crippen LogP contribution in [0.1, 0.15) is 70.5 Å². The van der Waals surface area contributed by atoms with Crippen molar-refractivity contribution in [2.75, 3.05) is 29.6 Å². The number of anilines is 4. The predicted molar refractivity (Wildman–Crippen MR) is 357 cm³/mol. The maximum Gasteiger partial charge on any atom is 0.304 e. The summed E-state index contributed by atoms with van der Waals surface area (Å²) in [6, 6.07) is 86.7. The molecule has 5 aromatic heterocycles. The second-order valence-corrected chi connectivity index (χ2v) is 21.1. The van der Waals surface area contributed by atoms with E-state index in [0.29, 0.717) is 46.2 Å². The predicted octanol–water partition coefficient (Wildman–Crippen LogP) is 14.3. The Morgan fingerprint density at radius 3 is 1.62 bits per heavy atom. The maximum atomic E-state index is 12.1. The van der Waals surface area contributed by atoms with E-state index in [4.69, 9.17) is 37.5 Å². The van der Waals surface area contributed by atoms with Gasteiger partial charge in [-0.1, -0.05) is 249 Å². The summed E-state index contributed by atoms with van der Waals surface area (Å²) >= 11 is 0. The number of nitrogen functional groups attached to an aromatic ring is 3. The summed E-state index contributed by atoms with van der Waals surface area (Å²) in [5.74, 6) is 0.554. The number of imidazole rings is 1. The minimum absolute atomic E-state index is 0. The van der Waals surface area contributed by atoms with Crippen LogP contribution in [0.3, 0.4) is 0 Å². The number of carbonyl (C=O) groups is 1. The summed E-state index contributed by atoms with van der Waals surface area (Å²) in [6.07, 6.45) is 0.554. The van der Waals surface area contributed by atoms with Crippen molar-refractivity contribution in [1.82, 2.24) is 50.3 Å². The van der Waals surface area contributed by atoms with Gasteiger partial charge in [0.05, 0.1) is 28.8 Å². The van der Waals surface area contributed by atoms with Crippen molar-refractivity contribution in [1.29, 1.82) is 0 Å². The summed E-state index contributed by atoms with van der Waals surface area (Å²) in [6.45, 7) is 0. The molecule has 0 aliphatic rings. The van der Waals surface area contributed by atoms with Crippen LogP contribution in [-0.2, 0) is 16.8 Å². The number of hydrogen-bond acceptors (Lipinski definition) is 12. The summed E-state index contributed by atoms with van der Waals surface area (Å²) in [5.41, 5.74) is 33.5. The number of aliphatic carboxylic acids is 1. The number of fused-ring (bicyclic) bond motifs is 3. The lowest BCUT2D eigenvalue weighted by molar-refractivity contribution is -0.137. The molecule has 14 aromatic rings. The van der Waals surface area contributed by atoms with Crippen LogP contribution < -0.4 is 22.5 Å². The van der Waals surface area contributed by atoms with E-state index in [-0.39, 0.29) is 19.8 Å². The van der Waals surface area contributed by atoms with Crippen molar-refractivity contribution in [3.63, 3.8) is 0 Å². The summed E-state index contributed by atoms with van der Waals surface area (Å²) in [5, 5.41) is 33.8. The van der Waals surface area contributed by atoms with Crippen LogP contribution in [0.25, 0.3) is 55.6 Å². The van der Waals surface area contributed by atoms with Gasteiger partial charge in [-0.3, -0.25) is 4.79 Å². The standard InChI is InChI=1S/C34H29N5O2.C26H21N7.C12H12N2.CH4/c1-35-30-22-29(28(23-31(40)41)24-14-6-2-7-15-24)32-33(36-30)39(38-37-32)34(25-16-8-3-9-17-25,26-18-10-4-11-19-26)27-20-12-5-13-21-27;27-22-14-20(25-26(29-22)32-33-31-25)19(17-10-5-2-6-11-17)15-23-28-21-13-7-12-18(24(21)30-23)16-8-3-1-4-9-16;13-11-8-4-7-10(12(11)14)9-5-2-1-3-6-9;/h2-22,28H,23H2,1H3,(H,35,36)(H,40,41);1-14,19H,15H2,(H,28,30)(H3,27,29,31,32,33);1-8H,13-14H2;1H4/t28-;19-;;/m11../s1. The fraction of sp³-hybridized carbons (Fsp3) is 0.0959. The van der Waals surface area contributed by atoms with Crippen LogP contribution in [0.2, 0.25) is 0 Å². The Morgan fingerprint density at radius 1 is 0.551 bits per heavy atom. The Kier molecular flexibility index (Phi) is 17.7. The van der Waals surface area contributed by atoms with E-state index in [2.05, 4.69) is 110 Å². The van der Waals surface area contributed by atoms with Crippen molar-refractivity contribution < 1.29 is 9.90 Å². The first-order chi connectivity index (χ1) is 43.2. The van der Waals surface area contributed by atoms with Gasteiger partial charge in [0.2, 0.25) is 5.65 Å². The fourth-order valence-corrected chi connectivity index (χ4v) is 11.6. The maximum absolute atomic E-state index is 12.1. The molecule has 0 radical (unpaired) electrons. The highest BCUT2D eigenvalue weighted by Crippen LogP contribution is 2.44. The molecule has 5 heterocycles. The number of pyridine rings is 2. The van der Waals surface area contributed by atoms with Crippen LogP contribution in [0.5, 0.6) is 0 Å². The molecule has 0 fully saturated rings. The first-order valence-electron chi connectivity index (χ1n) is 28.8. The second kappa shape index (κ2) is 26.6. The number of rotatable bonds is 15. The minimum atomic E-state index is -0.912. The third-order valence-electron chi connectivity index (χ3n) is 15.7. The van der Waals surface area contributed by atoms with Crippen LogP contribution in [0.15, 0.2) is 261 Å². The van der Waals surface area contributed by atoms with E-state index < -0.39 is 17.4 Å². The Balaban J connectivity index is 0.000000152. The van der Waals surface area contributed by atoms with Gasteiger partial charge in [0.15, 0.2) is 5.65 Å². The third kappa shape index (κ3) is 12.2. The zero-order valence-corrected chi connectivity index (χ0v) is 48.1. The lowest BCUT2D eigenvalue weighted by Crippen LogP contribution is -2.39. The Labute approximate surface area is 515 Å². The van der Waals surface area contributed by atoms with Crippen molar-refractivity contribution in [3.8, 4) is 22.3 Å². The normalized spacial score (nSPS) is 11.8. The van der Waals surface area contributed by atoms with Crippen molar-refractivity contribution >= 4 is 62.3 Å². The number of carboxylic acids is 1. The van der Waals surface area contributed by atoms with Crippen LogP contribution >= 0.6 is 0 Å².